The van der Waals surface area contributed by atoms with Crippen LogP contribution in [0.25, 0.3) is 16.9 Å². The molecule has 2 atom stereocenters. The van der Waals surface area contributed by atoms with Crippen LogP contribution in [0, 0.1) is 5.92 Å². The first-order valence-electron chi connectivity index (χ1n) is 10.8. The quantitative estimate of drug-likeness (QED) is 0.187. The highest BCUT2D eigenvalue weighted by Gasteiger charge is 2.21. The van der Waals surface area contributed by atoms with E-state index in [4.69, 9.17) is 28.9 Å². The van der Waals surface area contributed by atoms with E-state index in [9.17, 15) is 19.5 Å². The molecule has 2 heterocycles. The maximum atomic E-state index is 12.9. The van der Waals surface area contributed by atoms with Gasteiger partial charge in [0, 0.05) is 42.7 Å². The van der Waals surface area contributed by atoms with E-state index in [0.29, 0.717) is 22.2 Å². The van der Waals surface area contributed by atoms with Crippen molar-refractivity contribution >= 4 is 46.2 Å². The molecule has 3 N–H and O–H groups in total. The average Bonchev–Trinajstić information content (AvgIpc) is 2.87. The number of carbonyl (C=O) groups is 1. The van der Waals surface area contributed by atoms with Crippen LogP contribution in [0.1, 0.15) is 12.5 Å². The minimum absolute atomic E-state index is 0.0343. The van der Waals surface area contributed by atoms with Crippen LogP contribution in [0.5, 0.6) is 0 Å². The first kappa shape index (κ1) is 26.8. The molecule has 10 nitrogen and oxygen atoms in total. The Bertz CT molecular complexity index is 1470. The first-order valence-corrected chi connectivity index (χ1v) is 11.7. The number of amidine groups is 1. The van der Waals surface area contributed by atoms with Crippen molar-refractivity contribution in [1.29, 1.82) is 0 Å². The zero-order valence-corrected chi connectivity index (χ0v) is 21.0. The molecule has 0 aliphatic rings. The van der Waals surface area contributed by atoms with Crippen molar-refractivity contribution in [3.8, 4) is 5.69 Å². The van der Waals surface area contributed by atoms with E-state index in [1.54, 1.807) is 49.4 Å². The summed E-state index contributed by atoms with van der Waals surface area (Å²) in [5, 5.41) is 10.1. The molecule has 0 saturated carbocycles. The fraction of sp³-hybridized carbons (Fsp3) is 0.250. The summed E-state index contributed by atoms with van der Waals surface area (Å²) in [5.41, 5.74) is 6.01. The molecule has 0 bridgehead atoms. The average molecular weight is 531 g/mol. The third-order valence-corrected chi connectivity index (χ3v) is 6.06. The van der Waals surface area contributed by atoms with Gasteiger partial charge in [0.25, 0.3) is 5.56 Å². The molecule has 36 heavy (non-hydrogen) atoms. The number of aliphatic carboxylic acids is 1. The lowest BCUT2D eigenvalue weighted by atomic mass is 10.0. The number of aromatic nitrogens is 4. The molecule has 12 heteroatoms. The summed E-state index contributed by atoms with van der Waals surface area (Å²) >= 11 is 11.8. The summed E-state index contributed by atoms with van der Waals surface area (Å²) in [6.45, 7) is 1.71. The van der Waals surface area contributed by atoms with Crippen LogP contribution in [-0.2, 0) is 18.3 Å². The Hall–Kier alpha value is -3.76. The molecule has 3 aromatic rings. The number of fused-ring (bicyclic) bond motifs is 1. The number of carboxylic acids is 1. The maximum Gasteiger partial charge on any atom is 0.337 e. The van der Waals surface area contributed by atoms with E-state index in [1.165, 1.54) is 24.0 Å². The van der Waals surface area contributed by atoms with E-state index in [2.05, 4.69) is 15.0 Å². The van der Waals surface area contributed by atoms with Crippen LogP contribution in [0.3, 0.4) is 0 Å². The molecule has 3 rings (SSSR count). The third kappa shape index (κ3) is 5.89. The summed E-state index contributed by atoms with van der Waals surface area (Å²) in [4.78, 5) is 49.8. The highest BCUT2D eigenvalue weighted by Crippen LogP contribution is 2.17. The third-order valence-electron chi connectivity index (χ3n) is 5.43. The minimum atomic E-state index is -1.16. The molecule has 0 aliphatic heterocycles. The van der Waals surface area contributed by atoms with Crippen molar-refractivity contribution in [2.24, 2.45) is 23.7 Å². The lowest BCUT2D eigenvalue weighted by Crippen LogP contribution is -2.38. The highest BCUT2D eigenvalue weighted by atomic mass is 35.5. The molecule has 2 aromatic heterocycles. The number of alkyl halides is 1. The number of nitrogens with zero attached hydrogens (tertiary/aromatic N) is 5. The first-order chi connectivity index (χ1) is 17.1. The SMILES string of the molecule is CC(C(N)=N[C@@H](Cc1ccc(-n2c(=O)c3nccnc3n(C)c2=O)cc1)C(=O)O)/C(Cl)=C\C=C/CCl. The Morgan fingerprint density at radius 2 is 1.89 bits per heavy atom. The fourth-order valence-corrected chi connectivity index (χ4v) is 3.66. The molecule has 0 spiro atoms. The summed E-state index contributed by atoms with van der Waals surface area (Å²) < 4.78 is 2.22. The minimum Gasteiger partial charge on any atom is -0.480 e. The molecule has 1 unspecified atom stereocenters. The Balaban J connectivity index is 1.88. The molecule has 0 fully saturated rings. The maximum absolute atomic E-state index is 12.9. The molecule has 0 aliphatic carbocycles. The zero-order valence-electron chi connectivity index (χ0n) is 19.5. The number of hydrogen-bond acceptors (Lipinski definition) is 6. The molecule has 0 amide bonds. The lowest BCUT2D eigenvalue weighted by molar-refractivity contribution is -0.138. The monoisotopic (exact) mass is 530 g/mol. The van der Waals surface area contributed by atoms with Gasteiger partial charge in [0.15, 0.2) is 17.2 Å². The number of carboxylic acid groups (broad SMARTS) is 1. The van der Waals surface area contributed by atoms with Crippen LogP contribution in [0.15, 0.2) is 74.5 Å². The van der Waals surface area contributed by atoms with Gasteiger partial charge in [0.2, 0.25) is 0 Å². The van der Waals surface area contributed by atoms with Crippen LogP contribution in [0.4, 0.5) is 0 Å². The van der Waals surface area contributed by atoms with Gasteiger partial charge in [-0.3, -0.25) is 14.4 Å². The van der Waals surface area contributed by atoms with Crippen LogP contribution in [0.2, 0.25) is 0 Å². The normalized spacial score (nSPS) is 14.3. The Morgan fingerprint density at radius 3 is 2.53 bits per heavy atom. The van der Waals surface area contributed by atoms with E-state index in [0.717, 1.165) is 4.57 Å². The van der Waals surface area contributed by atoms with Crippen molar-refractivity contribution in [3.05, 3.63) is 86.3 Å². The second-order valence-electron chi connectivity index (χ2n) is 7.84. The summed E-state index contributed by atoms with van der Waals surface area (Å²) in [6.07, 6.45) is 7.81. The Labute approximate surface area is 216 Å². The number of rotatable bonds is 9. The number of halogens is 2. The number of benzene rings is 1. The van der Waals surface area contributed by atoms with Gasteiger partial charge in [-0.25, -0.2) is 24.1 Å². The van der Waals surface area contributed by atoms with Crippen molar-refractivity contribution in [3.63, 3.8) is 0 Å². The van der Waals surface area contributed by atoms with E-state index in [1.807, 2.05) is 0 Å². The number of aliphatic imine (C=N–C) groups is 1. The van der Waals surface area contributed by atoms with Crippen molar-refractivity contribution in [2.45, 2.75) is 19.4 Å². The molecular weight excluding hydrogens is 507 g/mol. The Morgan fingerprint density at radius 1 is 1.22 bits per heavy atom. The largest absolute Gasteiger partial charge is 0.480 e. The standard InChI is InChI=1S/C24H24Cl2N6O4/c1-14(17(26)5-3-4-10-25)20(27)30-18(23(34)35)13-15-6-8-16(9-7-15)32-22(33)19-21(29-12-11-28-19)31(2)24(32)36/h3-9,11-12,14,18H,10,13H2,1-2H3,(H2,27,30)(H,34,35)/b4-3-,17-5+/t14?,18-/m0/s1. The van der Waals surface area contributed by atoms with Gasteiger partial charge < -0.3 is 10.8 Å². The van der Waals surface area contributed by atoms with Gasteiger partial charge in [-0.2, -0.15) is 0 Å². The van der Waals surface area contributed by atoms with Gasteiger partial charge in [-0.15, -0.1) is 11.6 Å². The van der Waals surface area contributed by atoms with Gasteiger partial charge in [0.1, 0.15) is 5.84 Å². The second kappa shape index (κ2) is 11.8. The molecular formula is C24H24Cl2N6O4. The molecule has 0 saturated heterocycles. The van der Waals surface area contributed by atoms with E-state index in [-0.39, 0.29) is 23.4 Å². The molecule has 0 radical (unpaired) electrons. The smallest absolute Gasteiger partial charge is 0.337 e. The fourth-order valence-electron chi connectivity index (χ4n) is 3.37. The lowest BCUT2D eigenvalue weighted by Gasteiger charge is -2.14. The van der Waals surface area contributed by atoms with Crippen molar-refractivity contribution in [2.75, 3.05) is 5.88 Å². The van der Waals surface area contributed by atoms with Gasteiger partial charge in [-0.05, 0) is 23.8 Å². The summed E-state index contributed by atoms with van der Waals surface area (Å²) in [6, 6.07) is 5.19. The summed E-state index contributed by atoms with van der Waals surface area (Å²) in [5.74, 6) is -1.24. The van der Waals surface area contributed by atoms with Crippen molar-refractivity contribution < 1.29 is 9.90 Å². The second-order valence-corrected chi connectivity index (χ2v) is 8.59. The predicted octanol–water partition coefficient (Wildman–Crippen LogP) is 2.39. The highest BCUT2D eigenvalue weighted by molar-refractivity contribution is 6.31. The van der Waals surface area contributed by atoms with Crippen LogP contribution >= 0.6 is 23.2 Å². The molecule has 188 valence electrons. The van der Waals surface area contributed by atoms with Crippen LogP contribution < -0.4 is 17.0 Å². The van der Waals surface area contributed by atoms with Gasteiger partial charge in [0.05, 0.1) is 5.69 Å². The summed E-state index contributed by atoms with van der Waals surface area (Å²) in [7, 11) is 1.50. The number of allylic oxidation sites excluding steroid dienone is 3. The topological polar surface area (TPSA) is 145 Å². The number of hydrogen-bond donors (Lipinski definition) is 2. The number of aryl methyl sites for hydroxylation is 1. The number of nitrogens with two attached hydrogens (primary N) is 1. The van der Waals surface area contributed by atoms with Crippen molar-refractivity contribution in [1.82, 2.24) is 19.1 Å². The zero-order chi connectivity index (χ0) is 26.4. The van der Waals surface area contributed by atoms with E-state index >= 15 is 0 Å². The van der Waals surface area contributed by atoms with Gasteiger partial charge in [-0.1, -0.05) is 42.8 Å². The Kier molecular flexibility index (Phi) is 8.78. The van der Waals surface area contributed by atoms with Gasteiger partial charge >= 0.3 is 11.7 Å². The molecule has 1 aromatic carbocycles. The van der Waals surface area contributed by atoms with E-state index < -0.39 is 29.2 Å². The van der Waals surface area contributed by atoms with Crippen LogP contribution in [-0.4, -0.2) is 47.9 Å². The predicted molar refractivity (Wildman–Crippen MR) is 140 cm³/mol.